The molecule has 1 heterocycles. The van der Waals surface area contributed by atoms with Crippen molar-refractivity contribution in [1.29, 1.82) is 0 Å². The molecule has 30 heavy (non-hydrogen) atoms. The molecule has 0 saturated heterocycles. The van der Waals surface area contributed by atoms with Crippen LogP contribution in [-0.4, -0.2) is 24.3 Å². The molecule has 0 aromatic heterocycles. The second kappa shape index (κ2) is 8.12. The summed E-state index contributed by atoms with van der Waals surface area (Å²) < 4.78 is 6.30. The number of nitrogens with one attached hydrogen (secondary N) is 1. The van der Waals surface area contributed by atoms with Crippen LogP contribution in [0.1, 0.15) is 38.0 Å². The number of hydrogen-bond donors (Lipinski definition) is 1. The fraction of sp³-hybridized carbons (Fsp3) is 0.0870. The largest absolute Gasteiger partial charge is 0.494 e. The number of amides is 3. The molecule has 150 valence electrons. The van der Waals surface area contributed by atoms with Crippen LogP contribution in [-0.2, 0) is 0 Å². The van der Waals surface area contributed by atoms with E-state index in [2.05, 4.69) is 21.2 Å². The van der Waals surface area contributed by atoms with Crippen molar-refractivity contribution < 1.29 is 19.1 Å². The molecule has 4 rings (SSSR count). The summed E-state index contributed by atoms with van der Waals surface area (Å²) in [4.78, 5) is 39.4. The van der Waals surface area contributed by atoms with Crippen molar-refractivity contribution in [2.24, 2.45) is 0 Å². The number of benzene rings is 3. The minimum Gasteiger partial charge on any atom is -0.494 e. The Bertz CT molecular complexity index is 1140. The molecule has 0 bridgehead atoms. The van der Waals surface area contributed by atoms with Gasteiger partial charge in [-0.05, 0) is 73.7 Å². The zero-order chi connectivity index (χ0) is 21.3. The van der Waals surface area contributed by atoms with Gasteiger partial charge in [0.15, 0.2) is 0 Å². The van der Waals surface area contributed by atoms with Crippen molar-refractivity contribution in [1.82, 2.24) is 0 Å². The molecular weight excluding hydrogens is 448 g/mol. The van der Waals surface area contributed by atoms with E-state index < -0.39 is 11.8 Å². The van der Waals surface area contributed by atoms with E-state index in [1.165, 1.54) is 12.1 Å². The average Bonchev–Trinajstić information content (AvgIpc) is 3.00. The molecule has 0 saturated carbocycles. The summed E-state index contributed by atoms with van der Waals surface area (Å²) >= 11 is 3.35. The van der Waals surface area contributed by atoms with Gasteiger partial charge in [-0.3, -0.25) is 14.4 Å². The monoisotopic (exact) mass is 464 g/mol. The number of carbonyl (C=O) groups is 3. The lowest BCUT2D eigenvalue weighted by atomic mass is 10.1. The van der Waals surface area contributed by atoms with E-state index in [0.29, 0.717) is 29.3 Å². The lowest BCUT2D eigenvalue weighted by Gasteiger charge is -2.14. The first-order chi connectivity index (χ1) is 14.5. The number of hydrogen-bond acceptors (Lipinski definition) is 4. The first kappa shape index (κ1) is 19.8. The number of imide groups is 1. The third kappa shape index (κ3) is 3.71. The smallest absolute Gasteiger partial charge is 0.266 e. The maximum absolute atomic E-state index is 12.9. The Balaban J connectivity index is 1.58. The summed E-state index contributed by atoms with van der Waals surface area (Å²) in [5, 5.41) is 2.78. The van der Waals surface area contributed by atoms with Crippen LogP contribution in [0.4, 0.5) is 11.4 Å². The number of ether oxygens (including phenoxy) is 1. The van der Waals surface area contributed by atoms with Crippen LogP contribution in [0.25, 0.3) is 0 Å². The summed E-state index contributed by atoms with van der Waals surface area (Å²) in [5.74, 6) is -0.582. The van der Waals surface area contributed by atoms with Crippen molar-refractivity contribution >= 4 is 45.0 Å². The van der Waals surface area contributed by atoms with Crippen molar-refractivity contribution in [3.05, 3.63) is 87.9 Å². The third-order valence-corrected chi connectivity index (χ3v) is 5.19. The molecule has 0 radical (unpaired) electrons. The SMILES string of the molecule is CCOc1ccc(N2C(=O)c3ccc(C(=O)Nc4ccc(Br)cc4)cc3C2=O)cc1. The van der Waals surface area contributed by atoms with Gasteiger partial charge in [0.25, 0.3) is 17.7 Å². The highest BCUT2D eigenvalue weighted by Crippen LogP contribution is 2.30. The Morgan fingerprint density at radius 1 is 0.933 bits per heavy atom. The summed E-state index contributed by atoms with van der Waals surface area (Å²) in [6.45, 7) is 2.40. The minimum atomic E-state index is -0.461. The quantitative estimate of drug-likeness (QED) is 0.544. The lowest BCUT2D eigenvalue weighted by molar-refractivity contribution is 0.0925. The van der Waals surface area contributed by atoms with Crippen LogP contribution in [0.3, 0.4) is 0 Å². The molecule has 0 spiro atoms. The second-order valence-corrected chi connectivity index (χ2v) is 7.51. The molecule has 0 atom stereocenters. The van der Waals surface area contributed by atoms with Gasteiger partial charge in [0.05, 0.1) is 23.4 Å². The zero-order valence-corrected chi connectivity index (χ0v) is 17.6. The van der Waals surface area contributed by atoms with E-state index in [1.807, 2.05) is 19.1 Å². The average molecular weight is 465 g/mol. The molecule has 3 aromatic rings. The summed E-state index contributed by atoms with van der Waals surface area (Å²) in [7, 11) is 0. The van der Waals surface area contributed by atoms with Gasteiger partial charge in [0.1, 0.15) is 5.75 Å². The Hall–Kier alpha value is -3.45. The van der Waals surface area contributed by atoms with Gasteiger partial charge in [0.2, 0.25) is 0 Å². The number of fused-ring (bicyclic) bond motifs is 1. The molecule has 6 nitrogen and oxygen atoms in total. The first-order valence-corrected chi connectivity index (χ1v) is 10.1. The topological polar surface area (TPSA) is 75.7 Å². The van der Waals surface area contributed by atoms with E-state index in [9.17, 15) is 14.4 Å². The molecule has 0 aliphatic carbocycles. The predicted octanol–water partition coefficient (Wildman–Crippen LogP) is 4.90. The highest BCUT2D eigenvalue weighted by molar-refractivity contribution is 9.10. The Labute approximate surface area is 181 Å². The molecule has 1 aliphatic rings. The van der Waals surface area contributed by atoms with Gasteiger partial charge < -0.3 is 10.1 Å². The molecule has 3 aromatic carbocycles. The van der Waals surface area contributed by atoms with Crippen LogP contribution in [0.2, 0.25) is 0 Å². The Morgan fingerprint density at radius 3 is 2.27 bits per heavy atom. The minimum absolute atomic E-state index is 0.206. The Morgan fingerprint density at radius 2 is 1.60 bits per heavy atom. The van der Waals surface area contributed by atoms with Crippen LogP contribution in [0.5, 0.6) is 5.75 Å². The fourth-order valence-corrected chi connectivity index (χ4v) is 3.48. The maximum atomic E-state index is 12.9. The van der Waals surface area contributed by atoms with E-state index in [-0.39, 0.29) is 17.0 Å². The van der Waals surface area contributed by atoms with Gasteiger partial charge in [-0.25, -0.2) is 4.90 Å². The molecule has 1 N–H and O–H groups in total. The zero-order valence-electron chi connectivity index (χ0n) is 16.0. The molecule has 3 amide bonds. The predicted molar refractivity (Wildman–Crippen MR) is 117 cm³/mol. The Kier molecular flexibility index (Phi) is 5.37. The second-order valence-electron chi connectivity index (χ2n) is 6.59. The summed E-state index contributed by atoms with van der Waals surface area (Å²) in [6.07, 6.45) is 0. The summed E-state index contributed by atoms with van der Waals surface area (Å²) in [6, 6.07) is 18.4. The number of anilines is 2. The number of nitrogens with zero attached hydrogens (tertiary/aromatic N) is 1. The normalized spacial score (nSPS) is 12.7. The van der Waals surface area contributed by atoms with E-state index >= 15 is 0 Å². The van der Waals surface area contributed by atoms with Crippen LogP contribution >= 0.6 is 15.9 Å². The molecule has 7 heteroatoms. The highest BCUT2D eigenvalue weighted by atomic mass is 79.9. The lowest BCUT2D eigenvalue weighted by Crippen LogP contribution is -2.29. The fourth-order valence-electron chi connectivity index (χ4n) is 3.21. The van der Waals surface area contributed by atoms with Crippen molar-refractivity contribution in [3.8, 4) is 5.75 Å². The van der Waals surface area contributed by atoms with Gasteiger partial charge in [-0.1, -0.05) is 15.9 Å². The molecular formula is C23H17BrN2O4. The van der Waals surface area contributed by atoms with E-state index in [0.717, 1.165) is 9.37 Å². The van der Waals surface area contributed by atoms with Gasteiger partial charge in [-0.15, -0.1) is 0 Å². The molecule has 1 aliphatic heterocycles. The third-order valence-electron chi connectivity index (χ3n) is 4.66. The first-order valence-electron chi connectivity index (χ1n) is 9.30. The van der Waals surface area contributed by atoms with E-state index in [4.69, 9.17) is 4.74 Å². The molecule has 0 fully saturated rings. The summed E-state index contributed by atoms with van der Waals surface area (Å²) in [5.41, 5.74) is 1.85. The van der Waals surface area contributed by atoms with Crippen LogP contribution < -0.4 is 15.0 Å². The van der Waals surface area contributed by atoms with Crippen LogP contribution in [0, 0.1) is 0 Å². The van der Waals surface area contributed by atoms with Crippen LogP contribution in [0.15, 0.2) is 71.2 Å². The molecule has 0 unspecified atom stereocenters. The standard InChI is InChI=1S/C23H17BrN2O4/c1-2-30-18-10-8-17(9-11-18)26-22(28)19-12-3-14(13-20(19)23(26)29)21(27)25-16-6-4-15(24)5-7-16/h3-13H,2H2,1H3,(H,25,27). The van der Waals surface area contributed by atoms with Crippen molar-refractivity contribution in [2.75, 3.05) is 16.8 Å². The van der Waals surface area contributed by atoms with Crippen molar-refractivity contribution in [2.45, 2.75) is 6.92 Å². The maximum Gasteiger partial charge on any atom is 0.266 e. The number of halogens is 1. The van der Waals surface area contributed by atoms with Gasteiger partial charge in [-0.2, -0.15) is 0 Å². The number of carbonyl (C=O) groups excluding carboxylic acids is 3. The van der Waals surface area contributed by atoms with Crippen molar-refractivity contribution in [3.63, 3.8) is 0 Å². The highest BCUT2D eigenvalue weighted by Gasteiger charge is 2.37. The van der Waals surface area contributed by atoms with Gasteiger partial charge in [0, 0.05) is 15.7 Å². The van der Waals surface area contributed by atoms with Gasteiger partial charge >= 0.3 is 0 Å². The van der Waals surface area contributed by atoms with E-state index in [1.54, 1.807) is 42.5 Å². The number of rotatable bonds is 5.